The number of aliphatic hydroxyl groups excluding tert-OH is 1. The molecule has 1 aromatic rings. The fourth-order valence-electron chi connectivity index (χ4n) is 3.37. The van der Waals surface area contributed by atoms with Gasteiger partial charge >= 0.3 is 0 Å². The van der Waals surface area contributed by atoms with Crippen molar-refractivity contribution in [2.75, 3.05) is 20.1 Å². The molecule has 2 N–H and O–H groups in total. The zero-order chi connectivity index (χ0) is 15.5. The van der Waals surface area contributed by atoms with Gasteiger partial charge in [-0.1, -0.05) is 38.0 Å². The van der Waals surface area contributed by atoms with Gasteiger partial charge in [0.15, 0.2) is 0 Å². The predicted octanol–water partition coefficient (Wildman–Crippen LogP) is 2.73. The summed E-state index contributed by atoms with van der Waals surface area (Å²) in [6.45, 7) is 3.14. The van der Waals surface area contributed by atoms with E-state index in [1.54, 1.807) is 18.2 Å². The van der Waals surface area contributed by atoms with Gasteiger partial charge in [-0.05, 0) is 31.9 Å². The lowest BCUT2D eigenvalue weighted by atomic mass is 9.95. The molecule has 0 aliphatic heterocycles. The number of likely N-dealkylation sites (N-methyl/N-ethyl adjacent to an activating group) is 1. The molecule has 0 saturated heterocycles. The van der Waals surface area contributed by atoms with Gasteiger partial charge in [0, 0.05) is 18.7 Å². The van der Waals surface area contributed by atoms with Crippen molar-refractivity contribution in [3.8, 4) is 0 Å². The molecule has 0 radical (unpaired) electrons. The smallest absolute Gasteiger partial charge is 0.129 e. The Balaban J connectivity index is 1.91. The Morgan fingerprint density at radius 2 is 1.90 bits per heavy atom. The molecule has 1 aromatic carbocycles. The van der Waals surface area contributed by atoms with Crippen LogP contribution in [0.15, 0.2) is 24.3 Å². The van der Waals surface area contributed by atoms with Crippen LogP contribution in [-0.2, 0) is 0 Å². The minimum atomic E-state index is -0.827. The minimum Gasteiger partial charge on any atom is -0.389 e. The Morgan fingerprint density at radius 1 is 1.29 bits per heavy atom. The third-order valence-electron chi connectivity index (χ3n) is 4.46. The van der Waals surface area contributed by atoms with Crippen LogP contribution in [0.5, 0.6) is 0 Å². The van der Waals surface area contributed by atoms with E-state index in [0.717, 1.165) is 25.7 Å². The first-order chi connectivity index (χ1) is 9.91. The predicted molar refractivity (Wildman–Crippen MR) is 81.4 cm³/mol. The molecule has 0 heterocycles. The molecule has 1 fully saturated rings. The first-order valence-corrected chi connectivity index (χ1v) is 7.75. The standard InChI is InChI=1S/C17H26FNO2/c1-13(16(20)14-7-3-4-8-15(14)18)11-19(2)12-17(21)9-5-6-10-17/h3-4,7-8,13,16,20-21H,5-6,9-12H2,1-2H3. The second-order valence-corrected chi connectivity index (χ2v) is 6.57. The summed E-state index contributed by atoms with van der Waals surface area (Å²) in [5.74, 6) is -0.467. The van der Waals surface area contributed by atoms with Crippen LogP contribution in [0.4, 0.5) is 4.39 Å². The third-order valence-corrected chi connectivity index (χ3v) is 4.46. The van der Waals surface area contributed by atoms with Gasteiger partial charge < -0.3 is 15.1 Å². The average Bonchev–Trinajstić information content (AvgIpc) is 2.84. The van der Waals surface area contributed by atoms with E-state index >= 15 is 0 Å². The van der Waals surface area contributed by atoms with Crippen LogP contribution in [0.1, 0.15) is 44.3 Å². The van der Waals surface area contributed by atoms with E-state index in [1.807, 2.05) is 18.9 Å². The summed E-state index contributed by atoms with van der Waals surface area (Å²) in [6.07, 6.45) is 3.03. The summed E-state index contributed by atoms with van der Waals surface area (Å²) in [5.41, 5.74) is -0.241. The molecule has 3 nitrogen and oxygen atoms in total. The quantitative estimate of drug-likeness (QED) is 0.848. The van der Waals surface area contributed by atoms with Crippen molar-refractivity contribution in [3.63, 3.8) is 0 Å². The van der Waals surface area contributed by atoms with Crippen LogP contribution < -0.4 is 0 Å². The fraction of sp³-hybridized carbons (Fsp3) is 0.647. The molecule has 4 heteroatoms. The monoisotopic (exact) mass is 295 g/mol. The summed E-state index contributed by atoms with van der Waals surface area (Å²) in [7, 11) is 1.95. The number of aliphatic hydroxyl groups is 2. The molecular formula is C17H26FNO2. The molecule has 0 spiro atoms. The molecule has 0 aromatic heterocycles. The van der Waals surface area contributed by atoms with Gasteiger partial charge in [0.05, 0.1) is 11.7 Å². The highest BCUT2D eigenvalue weighted by atomic mass is 19.1. The summed E-state index contributed by atoms with van der Waals surface area (Å²) >= 11 is 0. The van der Waals surface area contributed by atoms with Crippen molar-refractivity contribution in [1.82, 2.24) is 4.90 Å². The van der Waals surface area contributed by atoms with Gasteiger partial charge in [0.1, 0.15) is 5.82 Å². The van der Waals surface area contributed by atoms with Crippen molar-refractivity contribution in [2.24, 2.45) is 5.92 Å². The molecule has 1 aliphatic rings. The van der Waals surface area contributed by atoms with Crippen molar-refractivity contribution >= 4 is 0 Å². The normalized spacial score (nSPS) is 20.7. The molecular weight excluding hydrogens is 269 g/mol. The highest BCUT2D eigenvalue weighted by Gasteiger charge is 2.33. The van der Waals surface area contributed by atoms with Crippen molar-refractivity contribution < 1.29 is 14.6 Å². The average molecular weight is 295 g/mol. The fourth-order valence-corrected chi connectivity index (χ4v) is 3.37. The summed E-state index contributed by atoms with van der Waals surface area (Å²) < 4.78 is 13.7. The number of hydrogen-bond acceptors (Lipinski definition) is 3. The number of hydrogen-bond donors (Lipinski definition) is 2. The molecule has 2 rings (SSSR count). The van der Waals surface area contributed by atoms with Gasteiger partial charge in [-0.15, -0.1) is 0 Å². The first kappa shape index (κ1) is 16.4. The second-order valence-electron chi connectivity index (χ2n) is 6.57. The third kappa shape index (κ3) is 4.25. The molecule has 0 amide bonds. The molecule has 0 bridgehead atoms. The van der Waals surface area contributed by atoms with E-state index in [4.69, 9.17) is 0 Å². The molecule has 1 aliphatic carbocycles. The lowest BCUT2D eigenvalue weighted by Gasteiger charge is -2.31. The summed E-state index contributed by atoms with van der Waals surface area (Å²) in [5, 5.41) is 20.7. The van der Waals surface area contributed by atoms with E-state index in [9.17, 15) is 14.6 Å². The molecule has 118 valence electrons. The van der Waals surface area contributed by atoms with E-state index in [0.29, 0.717) is 18.7 Å². The number of benzene rings is 1. The molecule has 1 saturated carbocycles. The summed E-state index contributed by atoms with van der Waals surface area (Å²) in [4.78, 5) is 2.04. The zero-order valence-corrected chi connectivity index (χ0v) is 12.9. The highest BCUT2D eigenvalue weighted by Crippen LogP contribution is 2.31. The lowest BCUT2D eigenvalue weighted by Crippen LogP contribution is -2.41. The number of nitrogens with zero attached hydrogens (tertiary/aromatic N) is 1. The Morgan fingerprint density at radius 3 is 2.52 bits per heavy atom. The second kappa shape index (κ2) is 6.86. The first-order valence-electron chi connectivity index (χ1n) is 7.75. The van der Waals surface area contributed by atoms with Gasteiger partial charge in [-0.2, -0.15) is 0 Å². The molecule has 2 atom stereocenters. The Labute approximate surface area is 126 Å². The Hall–Kier alpha value is -0.970. The number of halogens is 1. The SMILES string of the molecule is CC(CN(C)CC1(O)CCCC1)C(O)c1ccccc1F. The van der Waals surface area contributed by atoms with Gasteiger partial charge in [-0.25, -0.2) is 4.39 Å². The molecule has 2 unspecified atom stereocenters. The van der Waals surface area contributed by atoms with Crippen LogP contribution in [-0.4, -0.2) is 40.9 Å². The van der Waals surface area contributed by atoms with Gasteiger partial charge in [-0.3, -0.25) is 0 Å². The molecule has 21 heavy (non-hydrogen) atoms. The van der Waals surface area contributed by atoms with Crippen molar-refractivity contribution in [2.45, 2.75) is 44.3 Å². The van der Waals surface area contributed by atoms with Crippen LogP contribution in [0.25, 0.3) is 0 Å². The maximum Gasteiger partial charge on any atom is 0.129 e. The lowest BCUT2D eigenvalue weighted by molar-refractivity contribution is 0.00504. The highest BCUT2D eigenvalue weighted by molar-refractivity contribution is 5.20. The minimum absolute atomic E-state index is 0.100. The zero-order valence-electron chi connectivity index (χ0n) is 12.9. The van der Waals surface area contributed by atoms with Crippen LogP contribution in [0.3, 0.4) is 0 Å². The van der Waals surface area contributed by atoms with Crippen LogP contribution in [0.2, 0.25) is 0 Å². The van der Waals surface area contributed by atoms with Crippen LogP contribution in [0, 0.1) is 11.7 Å². The van der Waals surface area contributed by atoms with Crippen LogP contribution >= 0.6 is 0 Å². The maximum atomic E-state index is 13.7. The van der Waals surface area contributed by atoms with E-state index < -0.39 is 11.7 Å². The van der Waals surface area contributed by atoms with E-state index in [-0.39, 0.29) is 11.7 Å². The maximum absolute atomic E-state index is 13.7. The van der Waals surface area contributed by atoms with Gasteiger partial charge in [0.2, 0.25) is 0 Å². The Bertz CT molecular complexity index is 460. The van der Waals surface area contributed by atoms with Crippen molar-refractivity contribution in [3.05, 3.63) is 35.6 Å². The Kier molecular flexibility index (Phi) is 5.36. The largest absolute Gasteiger partial charge is 0.389 e. The van der Waals surface area contributed by atoms with Crippen molar-refractivity contribution in [1.29, 1.82) is 0 Å². The number of rotatable bonds is 6. The van der Waals surface area contributed by atoms with Gasteiger partial charge in [0.25, 0.3) is 0 Å². The van der Waals surface area contributed by atoms with E-state index in [1.165, 1.54) is 6.07 Å². The summed E-state index contributed by atoms with van der Waals surface area (Å²) in [6, 6.07) is 6.36. The topological polar surface area (TPSA) is 43.7 Å². The van der Waals surface area contributed by atoms with E-state index in [2.05, 4.69) is 0 Å².